The van der Waals surface area contributed by atoms with Gasteiger partial charge in [-0.05, 0) is 18.7 Å². The van der Waals surface area contributed by atoms with Crippen LogP contribution in [0.3, 0.4) is 0 Å². The average Bonchev–Trinajstić information content (AvgIpc) is 3.39. The van der Waals surface area contributed by atoms with Crippen LogP contribution in [0.2, 0.25) is 0 Å². The highest BCUT2D eigenvalue weighted by molar-refractivity contribution is 5.89. The Morgan fingerprint density at radius 3 is 2.26 bits per heavy atom. The molecule has 260 valence electrons. The minimum absolute atomic E-state index is 0.119. The SMILES string of the molecule is CCN1C[C@]2(COC)[C@H](O)C[C@H](OC)[C@]34[C@@H]2[C@@H](OC)[C@H]([C@@H]13)[C@]1(OC(C)=O)[C@H]2[C@@H](OC(=O)c3ccccc3)[C@](O)(C[C@]24O)[C@@H](OC)[C@@H]1O. The number of likely N-dealkylation sites (tertiary alicyclic amines) is 1. The lowest BCUT2D eigenvalue weighted by Gasteiger charge is -2.72. The van der Waals surface area contributed by atoms with Crippen molar-refractivity contribution in [1.29, 1.82) is 0 Å². The number of nitrogens with zero attached hydrogens (tertiary/aromatic N) is 1. The second kappa shape index (κ2) is 10.9. The standard InChI is InChI=1S/C34H47NO12/c1-7-35-15-30(16-42-3)19(37)13-20(43-4)33-23(30)22(44-5)21(25(33)35)34(47-17(2)36)24-27(46-29(39)18-11-9-8-10-12-18)31(40,14-32(24,33)41)28(45-6)26(34)38/h8-12,19-28,37-38,40-41H,7,13-16H2,1-6H3/t19-,20+,21-,22+,23-,24+,25-,26+,27-,28+,30+,31-,32+,33+,34+/m1/s1. The first kappa shape index (κ1) is 33.3. The molecule has 13 heteroatoms. The number of carbonyl (C=O) groups excluding carboxylic acids is 2. The van der Waals surface area contributed by atoms with Gasteiger partial charge in [0.15, 0.2) is 5.60 Å². The molecular formula is C34H47NO12. The predicted molar refractivity (Wildman–Crippen MR) is 162 cm³/mol. The number of hydrogen-bond donors (Lipinski definition) is 4. The van der Waals surface area contributed by atoms with Gasteiger partial charge in [-0.1, -0.05) is 25.1 Å². The Balaban J connectivity index is 1.57. The van der Waals surface area contributed by atoms with E-state index in [4.69, 9.17) is 28.4 Å². The minimum Gasteiger partial charge on any atom is -0.455 e. The first-order valence-electron chi connectivity index (χ1n) is 16.4. The van der Waals surface area contributed by atoms with Crippen molar-refractivity contribution in [2.75, 3.05) is 48.1 Å². The molecule has 15 atom stereocenters. The van der Waals surface area contributed by atoms with Crippen LogP contribution in [-0.4, -0.2) is 145 Å². The lowest BCUT2D eigenvalue weighted by atomic mass is 9.40. The van der Waals surface area contributed by atoms with Gasteiger partial charge < -0.3 is 48.8 Å². The molecule has 1 aromatic rings. The van der Waals surface area contributed by atoms with Crippen LogP contribution >= 0.6 is 0 Å². The van der Waals surface area contributed by atoms with Crippen molar-refractivity contribution in [3.8, 4) is 0 Å². The Hall–Kier alpha value is -2.20. The van der Waals surface area contributed by atoms with E-state index in [1.807, 2.05) is 6.92 Å². The maximum absolute atomic E-state index is 13.8. The zero-order chi connectivity index (χ0) is 33.9. The van der Waals surface area contributed by atoms with E-state index in [-0.39, 0.29) is 18.6 Å². The number of aliphatic hydroxyl groups is 4. The molecule has 5 aliphatic carbocycles. The topological polar surface area (TPSA) is 174 Å². The van der Waals surface area contributed by atoms with Gasteiger partial charge in [0.1, 0.15) is 23.9 Å². The third-order valence-corrected chi connectivity index (χ3v) is 13.2. The van der Waals surface area contributed by atoms with Gasteiger partial charge >= 0.3 is 11.9 Å². The van der Waals surface area contributed by atoms with Crippen LogP contribution in [-0.2, 0) is 33.2 Å². The van der Waals surface area contributed by atoms with Gasteiger partial charge in [-0.15, -0.1) is 0 Å². The van der Waals surface area contributed by atoms with Crippen LogP contribution in [0.15, 0.2) is 30.3 Å². The fourth-order valence-electron chi connectivity index (χ4n) is 12.3. The Bertz CT molecular complexity index is 1410. The van der Waals surface area contributed by atoms with Gasteiger partial charge in [-0.2, -0.15) is 0 Å². The largest absolute Gasteiger partial charge is 0.455 e. The normalized spacial score (nSPS) is 50.7. The summed E-state index contributed by atoms with van der Waals surface area (Å²) < 4.78 is 36.9. The Morgan fingerprint density at radius 1 is 0.979 bits per heavy atom. The molecule has 1 aromatic carbocycles. The van der Waals surface area contributed by atoms with Gasteiger partial charge in [0.2, 0.25) is 0 Å². The van der Waals surface area contributed by atoms with Crippen molar-refractivity contribution in [2.24, 2.45) is 28.6 Å². The number of ether oxygens (including phenoxy) is 6. The van der Waals surface area contributed by atoms with Crippen molar-refractivity contribution in [1.82, 2.24) is 4.90 Å². The van der Waals surface area contributed by atoms with Gasteiger partial charge in [0.25, 0.3) is 0 Å². The predicted octanol–water partition coefficient (Wildman–Crippen LogP) is -0.237. The number of piperidine rings is 1. The number of methoxy groups -OCH3 is 4. The van der Waals surface area contributed by atoms with Gasteiger partial charge in [-0.25, -0.2) is 4.79 Å². The number of fused-ring (bicyclic) bond motifs is 2. The van der Waals surface area contributed by atoms with E-state index < -0.39 is 106 Å². The van der Waals surface area contributed by atoms with Crippen molar-refractivity contribution in [3.05, 3.63) is 35.9 Å². The van der Waals surface area contributed by atoms with Crippen molar-refractivity contribution >= 4 is 11.9 Å². The van der Waals surface area contributed by atoms with Crippen LogP contribution in [0, 0.1) is 28.6 Å². The first-order valence-corrected chi connectivity index (χ1v) is 16.4. The zero-order valence-corrected chi connectivity index (χ0v) is 27.7. The smallest absolute Gasteiger partial charge is 0.338 e. The lowest BCUT2D eigenvalue weighted by molar-refractivity contribution is -0.355. The highest BCUT2D eigenvalue weighted by Gasteiger charge is 2.96. The molecule has 4 N–H and O–H groups in total. The number of aliphatic hydroxyl groups excluding tert-OH is 2. The van der Waals surface area contributed by atoms with Crippen LogP contribution in [0.1, 0.15) is 37.0 Å². The third-order valence-electron chi connectivity index (χ3n) is 13.2. The summed E-state index contributed by atoms with van der Waals surface area (Å²) in [6.07, 6.45) is -7.38. The summed E-state index contributed by atoms with van der Waals surface area (Å²) in [5.74, 6) is -4.34. The molecule has 6 aliphatic rings. The molecule has 5 saturated carbocycles. The molecule has 1 aliphatic heterocycles. The van der Waals surface area contributed by atoms with E-state index in [1.165, 1.54) is 28.3 Å². The number of esters is 2. The molecule has 7 bridgehead atoms. The molecule has 7 rings (SSSR count). The average molecular weight is 662 g/mol. The molecule has 0 unspecified atom stereocenters. The summed E-state index contributed by atoms with van der Waals surface area (Å²) in [5, 5.41) is 51.1. The van der Waals surface area contributed by atoms with Crippen molar-refractivity contribution in [2.45, 2.75) is 86.2 Å². The van der Waals surface area contributed by atoms with Gasteiger partial charge in [-0.3, -0.25) is 9.69 Å². The summed E-state index contributed by atoms with van der Waals surface area (Å²) in [5.41, 5.74) is -8.15. The molecular weight excluding hydrogens is 614 g/mol. The van der Waals surface area contributed by atoms with E-state index in [9.17, 15) is 30.0 Å². The van der Waals surface area contributed by atoms with E-state index in [0.29, 0.717) is 13.1 Å². The highest BCUT2D eigenvalue weighted by Crippen LogP contribution is 2.81. The monoisotopic (exact) mass is 661 g/mol. The van der Waals surface area contributed by atoms with Crippen LogP contribution in [0.4, 0.5) is 0 Å². The maximum Gasteiger partial charge on any atom is 0.338 e. The van der Waals surface area contributed by atoms with Gasteiger partial charge in [0, 0.05) is 83.5 Å². The molecule has 6 fully saturated rings. The van der Waals surface area contributed by atoms with E-state index in [2.05, 4.69) is 4.90 Å². The molecule has 0 amide bonds. The minimum atomic E-state index is -2.12. The first-order chi connectivity index (χ1) is 22.3. The maximum atomic E-state index is 13.8. The van der Waals surface area contributed by atoms with E-state index >= 15 is 0 Å². The quantitative estimate of drug-likeness (QED) is 0.256. The van der Waals surface area contributed by atoms with Crippen LogP contribution in [0.5, 0.6) is 0 Å². The Labute approximate surface area is 274 Å². The summed E-state index contributed by atoms with van der Waals surface area (Å²) in [6, 6.07) is 7.64. The molecule has 13 nitrogen and oxygen atoms in total. The number of carbonyl (C=O) groups is 2. The lowest BCUT2D eigenvalue weighted by Crippen LogP contribution is -2.85. The third kappa shape index (κ3) is 3.65. The van der Waals surface area contributed by atoms with Crippen LogP contribution in [0.25, 0.3) is 0 Å². The molecule has 0 aromatic heterocycles. The second-order valence-electron chi connectivity index (χ2n) is 14.6. The Morgan fingerprint density at radius 2 is 1.68 bits per heavy atom. The molecule has 0 radical (unpaired) electrons. The zero-order valence-electron chi connectivity index (χ0n) is 27.7. The van der Waals surface area contributed by atoms with Gasteiger partial charge in [0.05, 0.1) is 42.0 Å². The molecule has 1 spiro atoms. The molecule has 1 heterocycles. The van der Waals surface area contributed by atoms with Crippen molar-refractivity contribution < 1.29 is 58.4 Å². The fraction of sp³-hybridized carbons (Fsp3) is 0.765. The summed E-state index contributed by atoms with van der Waals surface area (Å²) >= 11 is 0. The number of hydrogen-bond acceptors (Lipinski definition) is 13. The van der Waals surface area contributed by atoms with Crippen LogP contribution < -0.4 is 0 Å². The summed E-state index contributed by atoms with van der Waals surface area (Å²) in [7, 11) is 5.94. The number of benzene rings is 1. The van der Waals surface area contributed by atoms with Crippen molar-refractivity contribution in [3.63, 3.8) is 0 Å². The molecule has 47 heavy (non-hydrogen) atoms. The Kier molecular flexibility index (Phi) is 7.72. The van der Waals surface area contributed by atoms with E-state index in [1.54, 1.807) is 37.4 Å². The van der Waals surface area contributed by atoms with E-state index in [0.717, 1.165) is 0 Å². The second-order valence-corrected chi connectivity index (χ2v) is 14.6. The highest BCUT2D eigenvalue weighted by atomic mass is 16.6. The fourth-order valence-corrected chi connectivity index (χ4v) is 12.3. The summed E-state index contributed by atoms with van der Waals surface area (Å²) in [4.78, 5) is 29.2. The molecule has 1 saturated heterocycles. The summed E-state index contributed by atoms with van der Waals surface area (Å²) in [6.45, 7) is 4.15. The number of rotatable bonds is 9.